The van der Waals surface area contributed by atoms with Gasteiger partial charge in [0.1, 0.15) is 5.58 Å². The number of hydrogen-bond donors (Lipinski definition) is 0. The summed E-state index contributed by atoms with van der Waals surface area (Å²) in [5, 5.41) is 4.40. The van der Waals surface area contributed by atoms with Gasteiger partial charge in [0.2, 0.25) is 0 Å². The fourth-order valence-electron chi connectivity index (χ4n) is 5.71. The minimum absolute atomic E-state index is 0. The Morgan fingerprint density at radius 1 is 0.717 bits per heavy atom. The summed E-state index contributed by atoms with van der Waals surface area (Å²) in [4.78, 5) is 13.6. The molecule has 0 aliphatic heterocycles. The van der Waals surface area contributed by atoms with E-state index in [1.165, 1.54) is 27.8 Å². The van der Waals surface area contributed by atoms with Crippen molar-refractivity contribution in [3.63, 3.8) is 0 Å². The molecule has 0 N–H and O–H groups in total. The number of furan rings is 1. The van der Waals surface area contributed by atoms with Crippen molar-refractivity contribution in [1.82, 2.24) is 15.0 Å². The molecular formula is C41H39IrN3O-2. The van der Waals surface area contributed by atoms with Crippen LogP contribution in [0.1, 0.15) is 54.3 Å². The van der Waals surface area contributed by atoms with Crippen LogP contribution < -0.4 is 0 Å². The number of fused-ring (bicyclic) bond motifs is 5. The third kappa shape index (κ3) is 6.82. The van der Waals surface area contributed by atoms with Crippen molar-refractivity contribution in [2.75, 3.05) is 0 Å². The second-order valence-corrected chi connectivity index (χ2v) is 13.3. The molecule has 1 radical (unpaired) electrons. The quantitative estimate of drug-likeness (QED) is 0.168. The molecule has 4 nitrogen and oxygen atoms in total. The van der Waals surface area contributed by atoms with Gasteiger partial charge in [-0.25, -0.2) is 0 Å². The zero-order valence-corrected chi connectivity index (χ0v) is 30.2. The summed E-state index contributed by atoms with van der Waals surface area (Å²) in [6, 6.07) is 27.4. The number of rotatable bonds is 3. The van der Waals surface area contributed by atoms with E-state index in [-0.39, 0.29) is 25.5 Å². The van der Waals surface area contributed by atoms with E-state index >= 15 is 0 Å². The predicted octanol–water partition coefficient (Wildman–Crippen LogP) is 10.7. The Morgan fingerprint density at radius 2 is 1.46 bits per heavy atom. The fourth-order valence-corrected chi connectivity index (χ4v) is 5.71. The molecule has 0 atom stereocenters. The third-order valence-electron chi connectivity index (χ3n) is 8.33. The zero-order chi connectivity index (χ0) is 31.9. The first-order valence-corrected chi connectivity index (χ1v) is 15.5. The SMILES string of the molecule is Cc1c[c-]c(-c2cc(C)c(C)cn2)cc1.Cc1cnc(-c2[c-]ccc3c2oc2c3ccc3ccnc(C)c32)cc1CC(C)(C)C.[Ir]. The van der Waals surface area contributed by atoms with Crippen molar-refractivity contribution in [3.05, 3.63) is 125 Å². The van der Waals surface area contributed by atoms with Crippen molar-refractivity contribution in [3.8, 4) is 22.5 Å². The second-order valence-electron chi connectivity index (χ2n) is 13.3. The second kappa shape index (κ2) is 13.3. The number of nitrogens with zero attached hydrogens (tertiary/aromatic N) is 3. The van der Waals surface area contributed by atoms with Gasteiger partial charge in [-0.05, 0) is 73.5 Å². The van der Waals surface area contributed by atoms with Crippen molar-refractivity contribution in [2.24, 2.45) is 5.41 Å². The molecule has 0 bridgehead atoms. The molecule has 0 unspecified atom stereocenters. The first kappa shape index (κ1) is 33.2. The Morgan fingerprint density at radius 3 is 2.17 bits per heavy atom. The Hall–Kier alpha value is -4.18. The minimum Gasteiger partial charge on any atom is -0.500 e. The first-order chi connectivity index (χ1) is 21.5. The number of aryl methyl sites for hydroxylation is 5. The molecular weight excluding hydrogens is 743 g/mol. The van der Waals surface area contributed by atoms with Gasteiger partial charge in [0.25, 0.3) is 0 Å². The molecule has 4 heterocycles. The van der Waals surface area contributed by atoms with E-state index in [1.54, 1.807) is 0 Å². The summed E-state index contributed by atoms with van der Waals surface area (Å²) in [5.74, 6) is 0. The van der Waals surface area contributed by atoms with Crippen molar-refractivity contribution in [2.45, 2.75) is 61.8 Å². The van der Waals surface area contributed by atoms with Crippen LogP contribution in [0.4, 0.5) is 0 Å². The maximum absolute atomic E-state index is 6.49. The summed E-state index contributed by atoms with van der Waals surface area (Å²) in [6.45, 7) is 17.2. The topological polar surface area (TPSA) is 51.8 Å². The van der Waals surface area contributed by atoms with Crippen LogP contribution in [0, 0.1) is 52.2 Å². The summed E-state index contributed by atoms with van der Waals surface area (Å²) in [6.07, 6.45) is 6.73. The maximum Gasteiger partial charge on any atom is 0.130 e. The van der Waals surface area contributed by atoms with Crippen molar-refractivity contribution >= 4 is 32.7 Å². The Labute approximate surface area is 285 Å². The molecule has 4 aromatic heterocycles. The van der Waals surface area contributed by atoms with Crippen LogP contribution in [-0.2, 0) is 26.5 Å². The molecule has 46 heavy (non-hydrogen) atoms. The van der Waals surface area contributed by atoms with Crippen LogP contribution >= 0.6 is 0 Å². The van der Waals surface area contributed by atoms with Gasteiger partial charge < -0.3 is 14.4 Å². The van der Waals surface area contributed by atoms with E-state index < -0.39 is 0 Å². The number of aromatic nitrogens is 3. The van der Waals surface area contributed by atoms with Crippen molar-refractivity contribution < 1.29 is 24.5 Å². The van der Waals surface area contributed by atoms with Gasteiger partial charge in [0.05, 0.1) is 5.58 Å². The predicted molar refractivity (Wildman–Crippen MR) is 186 cm³/mol. The van der Waals surface area contributed by atoms with Crippen molar-refractivity contribution in [1.29, 1.82) is 0 Å². The van der Waals surface area contributed by atoms with E-state index in [1.807, 2.05) is 43.7 Å². The van der Waals surface area contributed by atoms with E-state index in [4.69, 9.17) is 9.40 Å². The molecule has 7 aromatic rings. The molecule has 0 spiro atoms. The van der Waals surface area contributed by atoms with Gasteiger partial charge in [-0.1, -0.05) is 74.0 Å². The average molecular weight is 782 g/mol. The van der Waals surface area contributed by atoms with Gasteiger partial charge in [-0.15, -0.1) is 53.6 Å². The molecule has 235 valence electrons. The molecule has 7 rings (SSSR count). The number of benzene rings is 3. The standard InChI is InChI=1S/C27H25N2O.C14H14N.Ir/c1-16-15-29-23(13-19(16)14-27(3,4)5)22-8-6-7-20-21-10-9-18-11-12-28-17(2)24(18)26(21)30-25(20)22;1-10-4-6-13(7-5-10)14-8-11(2)12(3)9-15-14;/h6-7,9-13,15H,14H2,1-5H3;4-6,8-9H,1-3H3;/q2*-1;. The van der Waals surface area contributed by atoms with Crippen LogP contribution in [0.25, 0.3) is 55.2 Å². The molecule has 0 saturated carbocycles. The first-order valence-electron chi connectivity index (χ1n) is 15.5. The summed E-state index contributed by atoms with van der Waals surface area (Å²) >= 11 is 0. The maximum atomic E-state index is 6.49. The van der Waals surface area contributed by atoms with Crippen LogP contribution in [0.2, 0.25) is 0 Å². The van der Waals surface area contributed by atoms with Crippen LogP contribution in [0.15, 0.2) is 83.7 Å². The Kier molecular flexibility index (Phi) is 9.58. The molecule has 0 aliphatic carbocycles. The molecule has 0 aliphatic rings. The largest absolute Gasteiger partial charge is 0.500 e. The van der Waals surface area contributed by atoms with Gasteiger partial charge in [0.15, 0.2) is 0 Å². The molecule has 0 saturated heterocycles. The van der Waals surface area contributed by atoms with E-state index in [9.17, 15) is 0 Å². The minimum atomic E-state index is 0. The van der Waals surface area contributed by atoms with Gasteiger partial charge in [-0.2, -0.15) is 0 Å². The van der Waals surface area contributed by atoms with Gasteiger partial charge >= 0.3 is 0 Å². The average Bonchev–Trinajstić information content (AvgIpc) is 3.39. The fraction of sp³-hybridized carbons (Fsp3) is 0.244. The van der Waals surface area contributed by atoms with Crippen LogP contribution in [-0.4, -0.2) is 15.0 Å². The normalized spacial score (nSPS) is 11.4. The molecule has 0 fully saturated rings. The summed E-state index contributed by atoms with van der Waals surface area (Å²) in [7, 11) is 0. The van der Waals surface area contributed by atoms with E-state index in [0.717, 1.165) is 67.3 Å². The van der Waals surface area contributed by atoms with Crippen LogP contribution in [0.3, 0.4) is 0 Å². The molecule has 5 heteroatoms. The molecule has 0 amide bonds. The smallest absolute Gasteiger partial charge is 0.130 e. The van der Waals surface area contributed by atoms with E-state index in [0.29, 0.717) is 0 Å². The summed E-state index contributed by atoms with van der Waals surface area (Å²) in [5.41, 5.74) is 13.0. The Bertz CT molecular complexity index is 2170. The Balaban J connectivity index is 0.000000220. The molecule has 3 aromatic carbocycles. The van der Waals surface area contributed by atoms with E-state index in [2.05, 4.69) is 113 Å². The monoisotopic (exact) mass is 782 g/mol. The third-order valence-corrected chi connectivity index (χ3v) is 8.33. The van der Waals surface area contributed by atoms with Gasteiger partial charge in [-0.3, -0.25) is 4.98 Å². The number of hydrogen-bond acceptors (Lipinski definition) is 4. The van der Waals surface area contributed by atoms with Crippen LogP contribution in [0.5, 0.6) is 0 Å². The zero-order valence-electron chi connectivity index (χ0n) is 27.8. The summed E-state index contributed by atoms with van der Waals surface area (Å²) < 4.78 is 6.49. The number of pyridine rings is 3. The van der Waals surface area contributed by atoms with Gasteiger partial charge in [0, 0.05) is 55.2 Å².